The van der Waals surface area contributed by atoms with Crippen molar-refractivity contribution < 1.29 is 9.53 Å². The Morgan fingerprint density at radius 3 is 2.56 bits per heavy atom. The van der Waals surface area contributed by atoms with Crippen LogP contribution in [0, 0.1) is 0 Å². The van der Waals surface area contributed by atoms with Crippen molar-refractivity contribution in [2.45, 2.75) is 37.7 Å². The van der Waals surface area contributed by atoms with Crippen molar-refractivity contribution in [2.24, 2.45) is 0 Å². The van der Waals surface area contributed by atoms with Gasteiger partial charge in [-0.1, -0.05) is 36.8 Å². The maximum atomic E-state index is 11.6. The molecule has 0 radical (unpaired) electrons. The van der Waals surface area contributed by atoms with Gasteiger partial charge in [-0.2, -0.15) is 0 Å². The van der Waals surface area contributed by atoms with Crippen molar-refractivity contribution in [3.05, 3.63) is 40.8 Å². The molecule has 0 unspecified atom stereocenters. The largest absolute Gasteiger partial charge is 0.445 e. The molecule has 1 aromatic carbocycles. The second kappa shape index (κ2) is 4.81. The number of thioether (sulfide) groups is 1. The fourth-order valence-electron chi connectivity index (χ4n) is 2.75. The summed E-state index contributed by atoms with van der Waals surface area (Å²) in [5, 5.41) is -0.140. The third-order valence-corrected chi connectivity index (χ3v) is 4.64. The van der Waals surface area contributed by atoms with E-state index < -0.39 is 0 Å². The lowest BCUT2D eigenvalue weighted by atomic mass is 9.84. The average molecular weight is 260 g/mol. The Hall–Kier alpha value is -1.22. The van der Waals surface area contributed by atoms with Crippen LogP contribution < -0.4 is 0 Å². The summed E-state index contributed by atoms with van der Waals surface area (Å²) in [7, 11) is 0. The molecular weight excluding hydrogens is 244 g/mol. The van der Waals surface area contributed by atoms with E-state index in [1.165, 1.54) is 18.2 Å². The number of hydrogen-bond acceptors (Lipinski definition) is 3. The summed E-state index contributed by atoms with van der Waals surface area (Å²) in [4.78, 5) is 12.7. The minimum absolute atomic E-state index is 0.140. The number of carbonyl (C=O) groups excluding carboxylic acids is 1. The van der Waals surface area contributed by atoms with E-state index >= 15 is 0 Å². The van der Waals surface area contributed by atoms with E-state index in [-0.39, 0.29) is 10.9 Å². The van der Waals surface area contributed by atoms with Crippen LogP contribution in [0.5, 0.6) is 0 Å². The molecule has 3 rings (SSSR count). The van der Waals surface area contributed by atoms with Crippen LogP contribution in [0.1, 0.15) is 37.7 Å². The standard InChI is InChI=1S/C15H16O2S/c16-14-17-15(9-5-2-6-10-15)13(18-14)11-12-7-3-1-4-8-12/h1,3-4,7-8,11H,2,5-6,9-10H2/b13-11-. The Kier molecular flexibility index (Phi) is 3.16. The molecule has 2 nitrogen and oxygen atoms in total. The summed E-state index contributed by atoms with van der Waals surface area (Å²) in [5.41, 5.74) is 0.832. The number of ether oxygens (including phenoxy) is 1. The smallest absolute Gasteiger partial charge is 0.372 e. The zero-order valence-corrected chi connectivity index (χ0v) is 11.0. The van der Waals surface area contributed by atoms with Crippen LogP contribution in [0.2, 0.25) is 0 Å². The minimum Gasteiger partial charge on any atom is -0.445 e. The van der Waals surface area contributed by atoms with Gasteiger partial charge in [-0.3, -0.25) is 0 Å². The topological polar surface area (TPSA) is 26.3 Å². The van der Waals surface area contributed by atoms with Gasteiger partial charge in [0.1, 0.15) is 5.60 Å². The molecule has 1 aliphatic carbocycles. The molecule has 18 heavy (non-hydrogen) atoms. The maximum absolute atomic E-state index is 11.6. The fraction of sp³-hybridized carbons (Fsp3) is 0.400. The van der Waals surface area contributed by atoms with Crippen molar-refractivity contribution in [1.82, 2.24) is 0 Å². The van der Waals surface area contributed by atoms with Gasteiger partial charge in [-0.15, -0.1) is 0 Å². The van der Waals surface area contributed by atoms with Crippen molar-refractivity contribution in [2.75, 3.05) is 0 Å². The van der Waals surface area contributed by atoms with Crippen LogP contribution in [0.4, 0.5) is 4.79 Å². The summed E-state index contributed by atoms with van der Waals surface area (Å²) in [5.74, 6) is 0. The van der Waals surface area contributed by atoms with Gasteiger partial charge in [0.25, 0.3) is 0 Å². The van der Waals surface area contributed by atoms with Crippen LogP contribution in [0.15, 0.2) is 35.2 Å². The summed E-state index contributed by atoms with van der Waals surface area (Å²) in [6, 6.07) is 10.2. The first-order chi connectivity index (χ1) is 8.78. The molecule has 1 spiro atoms. The van der Waals surface area contributed by atoms with E-state index in [0.717, 1.165) is 36.2 Å². The summed E-state index contributed by atoms with van der Waals surface area (Å²) in [6.45, 7) is 0. The van der Waals surface area contributed by atoms with E-state index in [4.69, 9.17) is 4.74 Å². The Morgan fingerprint density at radius 2 is 1.83 bits per heavy atom. The summed E-state index contributed by atoms with van der Waals surface area (Å²) < 4.78 is 5.63. The van der Waals surface area contributed by atoms with Crippen LogP contribution in [-0.4, -0.2) is 10.9 Å². The third-order valence-electron chi connectivity index (χ3n) is 3.68. The molecule has 0 N–H and O–H groups in total. The number of rotatable bonds is 1. The molecule has 1 saturated heterocycles. The van der Waals surface area contributed by atoms with Gasteiger partial charge in [0, 0.05) is 4.91 Å². The fourth-order valence-corrected chi connectivity index (χ4v) is 3.75. The van der Waals surface area contributed by atoms with Gasteiger partial charge in [0.2, 0.25) is 0 Å². The zero-order valence-electron chi connectivity index (χ0n) is 10.2. The molecule has 2 fully saturated rings. The lowest BCUT2D eigenvalue weighted by molar-refractivity contribution is 0.0420. The molecule has 0 atom stereocenters. The van der Waals surface area contributed by atoms with E-state index in [2.05, 4.69) is 18.2 Å². The summed E-state index contributed by atoms with van der Waals surface area (Å²) in [6.07, 6.45) is 7.62. The Bertz CT molecular complexity index is 473. The number of carbonyl (C=O) groups is 1. The van der Waals surface area contributed by atoms with Gasteiger partial charge in [0.05, 0.1) is 0 Å². The van der Waals surface area contributed by atoms with Crippen LogP contribution >= 0.6 is 11.8 Å². The average Bonchev–Trinajstić information content (AvgIpc) is 2.67. The quantitative estimate of drug-likeness (QED) is 0.689. The van der Waals surface area contributed by atoms with Crippen molar-refractivity contribution in [1.29, 1.82) is 0 Å². The molecule has 0 bridgehead atoms. The van der Waals surface area contributed by atoms with Gasteiger partial charge >= 0.3 is 5.30 Å². The van der Waals surface area contributed by atoms with Gasteiger partial charge in [-0.25, -0.2) is 4.79 Å². The van der Waals surface area contributed by atoms with E-state index in [1.807, 2.05) is 18.2 Å². The SMILES string of the molecule is O=C1OC2(CCCCC2)/C(=C/c2ccccc2)S1. The highest BCUT2D eigenvalue weighted by Crippen LogP contribution is 2.49. The molecule has 0 amide bonds. The Balaban J connectivity index is 1.94. The maximum Gasteiger partial charge on any atom is 0.372 e. The van der Waals surface area contributed by atoms with Gasteiger partial charge in [0.15, 0.2) is 0 Å². The van der Waals surface area contributed by atoms with Crippen LogP contribution in [0.3, 0.4) is 0 Å². The number of benzene rings is 1. The molecule has 1 saturated carbocycles. The molecule has 3 heteroatoms. The van der Waals surface area contributed by atoms with Gasteiger partial charge < -0.3 is 4.74 Å². The van der Waals surface area contributed by atoms with Crippen molar-refractivity contribution in [3.63, 3.8) is 0 Å². The Labute approximate surface area is 111 Å². The van der Waals surface area contributed by atoms with Crippen LogP contribution in [-0.2, 0) is 4.74 Å². The first kappa shape index (κ1) is 11.8. The minimum atomic E-state index is -0.310. The highest BCUT2D eigenvalue weighted by Gasteiger charge is 2.46. The summed E-state index contributed by atoms with van der Waals surface area (Å²) >= 11 is 1.27. The molecule has 2 aliphatic rings. The second-order valence-electron chi connectivity index (χ2n) is 4.93. The lowest BCUT2D eigenvalue weighted by Gasteiger charge is -2.32. The molecule has 1 heterocycles. The first-order valence-electron chi connectivity index (χ1n) is 6.47. The second-order valence-corrected chi connectivity index (χ2v) is 5.91. The predicted molar refractivity (Wildman–Crippen MR) is 74.3 cm³/mol. The van der Waals surface area contributed by atoms with E-state index in [9.17, 15) is 4.79 Å². The lowest BCUT2D eigenvalue weighted by Crippen LogP contribution is -2.32. The third kappa shape index (κ3) is 2.19. The van der Waals surface area contributed by atoms with E-state index in [0.29, 0.717) is 0 Å². The monoisotopic (exact) mass is 260 g/mol. The van der Waals surface area contributed by atoms with Gasteiger partial charge in [-0.05, 0) is 49.1 Å². The molecule has 1 aliphatic heterocycles. The highest BCUT2D eigenvalue weighted by molar-refractivity contribution is 8.17. The predicted octanol–water partition coefficient (Wildman–Crippen LogP) is 4.61. The van der Waals surface area contributed by atoms with Crippen molar-refractivity contribution >= 4 is 23.1 Å². The first-order valence-corrected chi connectivity index (χ1v) is 7.28. The van der Waals surface area contributed by atoms with Crippen molar-refractivity contribution in [3.8, 4) is 0 Å². The normalized spacial score (nSPS) is 24.4. The van der Waals surface area contributed by atoms with E-state index in [1.54, 1.807) is 0 Å². The van der Waals surface area contributed by atoms with Crippen LogP contribution in [0.25, 0.3) is 6.08 Å². The highest BCUT2D eigenvalue weighted by atomic mass is 32.2. The molecule has 94 valence electrons. The number of hydrogen-bond donors (Lipinski definition) is 0. The molecule has 1 aromatic rings. The molecule has 0 aromatic heterocycles. The Morgan fingerprint density at radius 1 is 1.11 bits per heavy atom. The zero-order chi connectivity index (χ0) is 12.4. The molecular formula is C15H16O2S.